The summed E-state index contributed by atoms with van der Waals surface area (Å²) < 4.78 is 47.0. The molecule has 1 rings (SSSR count). The minimum absolute atomic E-state index is 0.142. The molecule has 1 saturated heterocycles. The Morgan fingerprint density at radius 3 is 2.72 bits per heavy atom. The van der Waals surface area contributed by atoms with E-state index in [1.54, 1.807) is 13.8 Å². The molecule has 0 saturated carbocycles. The molecule has 0 aromatic carbocycles. The zero-order valence-corrected chi connectivity index (χ0v) is 10.5. The Morgan fingerprint density at radius 1 is 1.56 bits per heavy atom. The smallest absolute Gasteiger partial charge is 0.401 e. The molecule has 0 aromatic heterocycles. The third-order valence-electron chi connectivity index (χ3n) is 2.86. The van der Waals surface area contributed by atoms with Crippen LogP contribution in [0.25, 0.3) is 0 Å². The van der Waals surface area contributed by atoms with Crippen LogP contribution >= 0.6 is 0 Å². The molecule has 18 heavy (non-hydrogen) atoms. The van der Waals surface area contributed by atoms with Crippen molar-refractivity contribution in [2.45, 2.75) is 44.5 Å². The van der Waals surface area contributed by atoms with E-state index in [0.29, 0.717) is 0 Å². The average Bonchev–Trinajstić information content (AvgIpc) is 2.26. The van der Waals surface area contributed by atoms with Crippen LogP contribution in [0.4, 0.5) is 13.2 Å². The lowest BCUT2D eigenvalue weighted by molar-refractivity contribution is -0.163. The summed E-state index contributed by atoms with van der Waals surface area (Å²) in [4.78, 5) is 11.9. The molecule has 1 N–H and O–H groups in total. The van der Waals surface area contributed by atoms with E-state index in [0.717, 1.165) is 0 Å². The van der Waals surface area contributed by atoms with E-state index in [1.807, 2.05) is 0 Å². The van der Waals surface area contributed by atoms with Crippen LogP contribution in [0.2, 0.25) is 0 Å². The van der Waals surface area contributed by atoms with Crippen LogP contribution in [-0.4, -0.2) is 43.5 Å². The van der Waals surface area contributed by atoms with Crippen molar-refractivity contribution in [2.75, 3.05) is 19.8 Å². The van der Waals surface area contributed by atoms with Gasteiger partial charge in [-0.1, -0.05) is 0 Å². The van der Waals surface area contributed by atoms with Crippen molar-refractivity contribution in [3.8, 4) is 0 Å². The lowest BCUT2D eigenvalue weighted by Crippen LogP contribution is -2.59. The quantitative estimate of drug-likeness (QED) is 0.788. The Balaban J connectivity index is 2.76. The second-order valence-corrected chi connectivity index (χ2v) is 4.41. The molecule has 1 aliphatic heterocycles. The lowest BCUT2D eigenvalue weighted by atomic mass is 9.87. The molecule has 0 aliphatic carbocycles. The number of esters is 1. The highest BCUT2D eigenvalue weighted by atomic mass is 19.4. The fourth-order valence-electron chi connectivity index (χ4n) is 2.04. The largest absolute Gasteiger partial charge is 0.465 e. The Bertz CT molecular complexity index is 296. The molecule has 106 valence electrons. The van der Waals surface area contributed by atoms with Gasteiger partial charge < -0.3 is 9.47 Å². The average molecular weight is 269 g/mol. The van der Waals surface area contributed by atoms with Gasteiger partial charge >= 0.3 is 12.1 Å². The van der Waals surface area contributed by atoms with Crippen LogP contribution in [0, 0.1) is 0 Å². The molecule has 0 radical (unpaired) electrons. The molecule has 2 unspecified atom stereocenters. The van der Waals surface area contributed by atoms with Crippen molar-refractivity contribution in [1.29, 1.82) is 0 Å². The van der Waals surface area contributed by atoms with Crippen LogP contribution in [0.1, 0.15) is 26.7 Å². The van der Waals surface area contributed by atoms with Crippen molar-refractivity contribution in [3.05, 3.63) is 0 Å². The van der Waals surface area contributed by atoms with Gasteiger partial charge in [-0.05, 0) is 20.3 Å². The maximum Gasteiger partial charge on any atom is 0.401 e. The summed E-state index contributed by atoms with van der Waals surface area (Å²) in [5.41, 5.74) is -1.29. The highest BCUT2D eigenvalue weighted by Crippen LogP contribution is 2.27. The van der Waals surface area contributed by atoms with E-state index in [9.17, 15) is 18.0 Å². The zero-order chi connectivity index (χ0) is 13.8. The normalized spacial score (nSPS) is 29.1. The molecular formula is C11H18F3NO3. The van der Waals surface area contributed by atoms with E-state index < -0.39 is 24.2 Å². The van der Waals surface area contributed by atoms with E-state index in [1.165, 1.54) is 0 Å². The minimum atomic E-state index is -4.36. The molecule has 0 bridgehead atoms. The second kappa shape index (κ2) is 5.88. The van der Waals surface area contributed by atoms with Gasteiger partial charge in [-0.25, -0.2) is 0 Å². The van der Waals surface area contributed by atoms with Crippen LogP contribution in [0.3, 0.4) is 0 Å². The van der Waals surface area contributed by atoms with E-state index >= 15 is 0 Å². The van der Waals surface area contributed by atoms with Crippen LogP contribution in [-0.2, 0) is 14.3 Å². The molecule has 4 nitrogen and oxygen atoms in total. The standard InChI is InChI=1S/C11H18F3NO3/c1-3-17-9(16)10(15-7-11(12,13)14)4-5-18-8(2)6-10/h8,15H,3-7H2,1-2H3. The molecule has 0 aromatic rings. The highest BCUT2D eigenvalue weighted by Gasteiger charge is 2.45. The number of nitrogens with one attached hydrogen (secondary N) is 1. The Morgan fingerprint density at radius 2 is 2.22 bits per heavy atom. The van der Waals surface area contributed by atoms with Crippen molar-refractivity contribution in [3.63, 3.8) is 0 Å². The summed E-state index contributed by atoms with van der Waals surface area (Å²) >= 11 is 0. The fraction of sp³-hybridized carbons (Fsp3) is 0.909. The predicted molar refractivity (Wildman–Crippen MR) is 58.1 cm³/mol. The highest BCUT2D eigenvalue weighted by molar-refractivity contribution is 5.81. The van der Waals surface area contributed by atoms with E-state index in [-0.39, 0.29) is 32.2 Å². The van der Waals surface area contributed by atoms with Gasteiger partial charge in [-0.2, -0.15) is 13.2 Å². The van der Waals surface area contributed by atoms with Gasteiger partial charge in [0, 0.05) is 13.0 Å². The lowest BCUT2D eigenvalue weighted by Gasteiger charge is -2.38. The first-order valence-corrected chi connectivity index (χ1v) is 5.90. The Hall–Kier alpha value is -0.820. The first kappa shape index (κ1) is 15.2. The minimum Gasteiger partial charge on any atom is -0.465 e. The summed E-state index contributed by atoms with van der Waals surface area (Å²) in [5.74, 6) is -0.635. The third kappa shape index (κ3) is 4.13. The Kier molecular flexibility index (Phi) is 4.98. The van der Waals surface area contributed by atoms with Gasteiger partial charge in [0.1, 0.15) is 5.54 Å². The zero-order valence-electron chi connectivity index (χ0n) is 10.5. The summed E-state index contributed by atoms with van der Waals surface area (Å²) in [6.07, 6.45) is -4.27. The maximum atomic E-state index is 12.3. The van der Waals surface area contributed by atoms with Gasteiger partial charge in [0.15, 0.2) is 0 Å². The molecule has 0 spiro atoms. The third-order valence-corrected chi connectivity index (χ3v) is 2.86. The van der Waals surface area contributed by atoms with E-state index in [4.69, 9.17) is 9.47 Å². The van der Waals surface area contributed by atoms with Gasteiger partial charge in [0.2, 0.25) is 0 Å². The molecule has 2 atom stereocenters. The van der Waals surface area contributed by atoms with Gasteiger partial charge in [0.05, 0.1) is 19.3 Å². The Labute approximate surface area is 104 Å². The van der Waals surface area contributed by atoms with E-state index in [2.05, 4.69) is 5.32 Å². The summed E-state index contributed by atoms with van der Waals surface area (Å²) in [7, 11) is 0. The maximum absolute atomic E-state index is 12.3. The van der Waals surface area contributed by atoms with Gasteiger partial charge in [-0.15, -0.1) is 0 Å². The number of hydrogen-bond donors (Lipinski definition) is 1. The number of hydrogen-bond acceptors (Lipinski definition) is 4. The van der Waals surface area contributed by atoms with Crippen LogP contribution < -0.4 is 5.32 Å². The predicted octanol–water partition coefficient (Wildman–Crippen LogP) is 1.64. The summed E-state index contributed by atoms with van der Waals surface area (Å²) in [5, 5.41) is 2.31. The second-order valence-electron chi connectivity index (χ2n) is 4.41. The SMILES string of the molecule is CCOC(=O)C1(NCC(F)(F)F)CCOC(C)C1. The molecular weight excluding hydrogens is 251 g/mol. The van der Waals surface area contributed by atoms with Gasteiger partial charge in [0.25, 0.3) is 0 Å². The van der Waals surface area contributed by atoms with Crippen LogP contribution in [0.5, 0.6) is 0 Å². The number of carbonyl (C=O) groups excluding carboxylic acids is 1. The first-order chi connectivity index (χ1) is 8.29. The van der Waals surface area contributed by atoms with Crippen molar-refractivity contribution in [2.24, 2.45) is 0 Å². The number of alkyl halides is 3. The molecule has 1 heterocycles. The molecule has 1 fully saturated rings. The number of rotatable bonds is 4. The monoisotopic (exact) mass is 269 g/mol. The van der Waals surface area contributed by atoms with Gasteiger partial charge in [-0.3, -0.25) is 10.1 Å². The first-order valence-electron chi connectivity index (χ1n) is 5.90. The van der Waals surface area contributed by atoms with Crippen LogP contribution in [0.15, 0.2) is 0 Å². The summed E-state index contributed by atoms with van der Waals surface area (Å²) in [6.45, 7) is 2.52. The molecule has 7 heteroatoms. The topological polar surface area (TPSA) is 47.6 Å². The number of halogens is 3. The van der Waals surface area contributed by atoms with Crippen molar-refractivity contribution in [1.82, 2.24) is 5.32 Å². The van der Waals surface area contributed by atoms with Crippen molar-refractivity contribution >= 4 is 5.97 Å². The number of ether oxygens (including phenoxy) is 2. The molecule has 0 amide bonds. The number of carbonyl (C=O) groups is 1. The molecule has 1 aliphatic rings. The summed E-state index contributed by atoms with van der Waals surface area (Å²) in [6, 6.07) is 0. The van der Waals surface area contributed by atoms with Crippen molar-refractivity contribution < 1.29 is 27.4 Å². The fourth-order valence-corrected chi connectivity index (χ4v) is 2.04.